The number of carbonyl (C=O) groups is 3. The number of likely N-dealkylation sites (N-methyl/N-ethyl adjacent to an activating group) is 1. The van der Waals surface area contributed by atoms with E-state index in [-0.39, 0.29) is 42.7 Å². The Hall–Kier alpha value is -1.83. The molecule has 8 heteroatoms. The molecule has 0 aromatic heterocycles. The molecule has 1 heterocycles. The average molecular weight is 340 g/mol. The highest BCUT2D eigenvalue weighted by atomic mass is 16.4. The lowest BCUT2D eigenvalue weighted by molar-refractivity contribution is -0.139. The van der Waals surface area contributed by atoms with E-state index in [1.165, 1.54) is 0 Å². The van der Waals surface area contributed by atoms with E-state index in [2.05, 4.69) is 10.6 Å². The molecular formula is C16H28N4O4. The van der Waals surface area contributed by atoms with Crippen LogP contribution in [-0.4, -0.2) is 76.6 Å². The number of carboxylic acids is 1. The van der Waals surface area contributed by atoms with Gasteiger partial charge in [0.25, 0.3) is 0 Å². The van der Waals surface area contributed by atoms with Gasteiger partial charge in [-0.05, 0) is 33.2 Å². The van der Waals surface area contributed by atoms with Crippen molar-refractivity contribution in [1.82, 2.24) is 20.4 Å². The summed E-state index contributed by atoms with van der Waals surface area (Å²) in [4.78, 5) is 38.4. The summed E-state index contributed by atoms with van der Waals surface area (Å²) in [6.45, 7) is 7.14. The van der Waals surface area contributed by atoms with Crippen LogP contribution in [-0.2, 0) is 9.59 Å². The predicted octanol–water partition coefficient (Wildman–Crippen LogP) is 0.232. The predicted molar refractivity (Wildman–Crippen MR) is 88.6 cm³/mol. The molecule has 136 valence electrons. The first kappa shape index (κ1) is 18.5. The van der Waals surface area contributed by atoms with Gasteiger partial charge in [0.05, 0.1) is 12.6 Å². The Morgan fingerprint density at radius 2 is 1.92 bits per heavy atom. The van der Waals surface area contributed by atoms with Gasteiger partial charge >= 0.3 is 12.0 Å². The minimum absolute atomic E-state index is 0.0370. The van der Waals surface area contributed by atoms with Crippen LogP contribution in [0.15, 0.2) is 0 Å². The van der Waals surface area contributed by atoms with Crippen LogP contribution in [0.1, 0.15) is 40.0 Å². The summed E-state index contributed by atoms with van der Waals surface area (Å²) >= 11 is 0. The first-order chi connectivity index (χ1) is 11.3. The van der Waals surface area contributed by atoms with Crippen LogP contribution in [0.3, 0.4) is 0 Å². The summed E-state index contributed by atoms with van der Waals surface area (Å²) < 4.78 is 0. The molecule has 3 N–H and O–H groups in total. The van der Waals surface area contributed by atoms with Gasteiger partial charge in [0.2, 0.25) is 5.91 Å². The third-order valence-corrected chi connectivity index (χ3v) is 4.83. The van der Waals surface area contributed by atoms with Crippen LogP contribution in [0.5, 0.6) is 0 Å². The molecule has 1 atom stereocenters. The summed E-state index contributed by atoms with van der Waals surface area (Å²) in [6, 6.07) is 0.0316. The van der Waals surface area contributed by atoms with Crippen molar-refractivity contribution in [3.05, 3.63) is 0 Å². The van der Waals surface area contributed by atoms with Crippen LogP contribution in [0.4, 0.5) is 4.79 Å². The number of carboxylic acid groups (broad SMARTS) is 1. The van der Waals surface area contributed by atoms with Gasteiger partial charge < -0.3 is 20.6 Å². The summed E-state index contributed by atoms with van der Waals surface area (Å²) in [5, 5.41) is 14.7. The zero-order valence-electron chi connectivity index (χ0n) is 14.6. The fourth-order valence-electron chi connectivity index (χ4n) is 3.42. The molecule has 0 aromatic rings. The van der Waals surface area contributed by atoms with E-state index in [4.69, 9.17) is 5.11 Å². The SMILES string of the molecule is CCN(CC(=O)O)C1CC(NC(=O)NC2CC(=O)N(C(C)C)C2)C1. The molecule has 24 heavy (non-hydrogen) atoms. The molecule has 1 saturated heterocycles. The zero-order valence-corrected chi connectivity index (χ0v) is 14.6. The van der Waals surface area contributed by atoms with Gasteiger partial charge in [-0.1, -0.05) is 6.92 Å². The van der Waals surface area contributed by atoms with Gasteiger partial charge in [-0.3, -0.25) is 14.5 Å². The van der Waals surface area contributed by atoms with Crippen LogP contribution in [0.2, 0.25) is 0 Å². The first-order valence-corrected chi connectivity index (χ1v) is 8.62. The lowest BCUT2D eigenvalue weighted by atomic mass is 9.85. The highest BCUT2D eigenvalue weighted by Gasteiger charge is 2.36. The summed E-state index contributed by atoms with van der Waals surface area (Å²) in [7, 11) is 0. The number of aliphatic carboxylic acids is 1. The van der Waals surface area contributed by atoms with E-state index in [1.54, 1.807) is 4.90 Å². The highest BCUT2D eigenvalue weighted by Crippen LogP contribution is 2.25. The third-order valence-electron chi connectivity index (χ3n) is 4.83. The number of amides is 3. The standard InChI is InChI=1S/C16H28N4O4/c1-4-19(9-15(22)23)13-5-11(6-13)17-16(24)18-12-7-14(21)20(8-12)10(2)3/h10-13H,4-9H2,1-3H3,(H,22,23)(H2,17,18,24). The summed E-state index contributed by atoms with van der Waals surface area (Å²) in [5.41, 5.74) is 0. The van der Waals surface area contributed by atoms with Crippen molar-refractivity contribution in [3.63, 3.8) is 0 Å². The van der Waals surface area contributed by atoms with Crippen molar-refractivity contribution < 1.29 is 19.5 Å². The van der Waals surface area contributed by atoms with Crippen LogP contribution < -0.4 is 10.6 Å². The van der Waals surface area contributed by atoms with Crippen molar-refractivity contribution in [2.24, 2.45) is 0 Å². The van der Waals surface area contributed by atoms with E-state index in [0.29, 0.717) is 19.5 Å². The van der Waals surface area contributed by atoms with Crippen LogP contribution in [0.25, 0.3) is 0 Å². The maximum atomic E-state index is 12.0. The van der Waals surface area contributed by atoms with E-state index < -0.39 is 5.97 Å². The Morgan fingerprint density at radius 3 is 2.42 bits per heavy atom. The quantitative estimate of drug-likeness (QED) is 0.616. The molecule has 1 unspecified atom stereocenters. The molecule has 1 aliphatic carbocycles. The van der Waals surface area contributed by atoms with E-state index in [0.717, 1.165) is 12.8 Å². The molecule has 2 fully saturated rings. The average Bonchev–Trinajstić information content (AvgIpc) is 2.80. The topological polar surface area (TPSA) is 102 Å². The highest BCUT2D eigenvalue weighted by molar-refractivity contribution is 5.82. The van der Waals surface area contributed by atoms with Crippen molar-refractivity contribution in [1.29, 1.82) is 0 Å². The lowest BCUT2D eigenvalue weighted by Crippen LogP contribution is -2.57. The number of carbonyl (C=O) groups excluding carboxylic acids is 2. The second-order valence-corrected chi connectivity index (χ2v) is 6.94. The van der Waals surface area contributed by atoms with Gasteiger partial charge in [0, 0.05) is 31.1 Å². The van der Waals surface area contributed by atoms with Crippen molar-refractivity contribution in [2.45, 2.75) is 64.2 Å². The molecule has 2 rings (SSSR count). The smallest absolute Gasteiger partial charge is 0.317 e. The zero-order chi connectivity index (χ0) is 17.9. The molecule has 0 bridgehead atoms. The first-order valence-electron chi connectivity index (χ1n) is 8.62. The van der Waals surface area contributed by atoms with E-state index >= 15 is 0 Å². The number of rotatable bonds is 7. The molecule has 3 amide bonds. The molecule has 0 spiro atoms. The third kappa shape index (κ3) is 4.59. The molecule has 8 nitrogen and oxygen atoms in total. The van der Waals surface area contributed by atoms with E-state index in [9.17, 15) is 14.4 Å². The maximum Gasteiger partial charge on any atom is 0.317 e. The maximum absolute atomic E-state index is 12.0. The number of hydrogen-bond donors (Lipinski definition) is 3. The number of likely N-dealkylation sites (tertiary alicyclic amines) is 1. The Bertz CT molecular complexity index is 490. The van der Waals surface area contributed by atoms with Crippen molar-refractivity contribution >= 4 is 17.9 Å². The Balaban J connectivity index is 1.70. The molecule has 0 aromatic carbocycles. The fourth-order valence-corrected chi connectivity index (χ4v) is 3.42. The Kier molecular flexibility index (Phi) is 6.04. The Morgan fingerprint density at radius 1 is 1.29 bits per heavy atom. The largest absolute Gasteiger partial charge is 0.480 e. The van der Waals surface area contributed by atoms with Gasteiger partial charge in [0.15, 0.2) is 0 Å². The number of hydrogen-bond acceptors (Lipinski definition) is 4. The molecular weight excluding hydrogens is 312 g/mol. The minimum atomic E-state index is -0.827. The number of nitrogens with zero attached hydrogens (tertiary/aromatic N) is 2. The normalized spacial score (nSPS) is 26.6. The molecule has 1 saturated carbocycles. The monoisotopic (exact) mass is 340 g/mol. The van der Waals surface area contributed by atoms with Gasteiger partial charge in [-0.2, -0.15) is 0 Å². The fraction of sp³-hybridized carbons (Fsp3) is 0.812. The summed E-state index contributed by atoms with van der Waals surface area (Å²) in [6.07, 6.45) is 1.87. The van der Waals surface area contributed by atoms with Crippen molar-refractivity contribution in [2.75, 3.05) is 19.6 Å². The number of urea groups is 1. The lowest BCUT2D eigenvalue weighted by Gasteiger charge is -2.42. The Labute approximate surface area is 142 Å². The van der Waals surface area contributed by atoms with Crippen LogP contribution in [0, 0.1) is 0 Å². The van der Waals surface area contributed by atoms with Crippen molar-refractivity contribution in [3.8, 4) is 0 Å². The number of nitrogens with one attached hydrogen (secondary N) is 2. The van der Waals surface area contributed by atoms with Crippen LogP contribution >= 0.6 is 0 Å². The summed E-state index contributed by atoms with van der Waals surface area (Å²) in [5.74, 6) is -0.752. The van der Waals surface area contributed by atoms with Gasteiger partial charge in [-0.25, -0.2) is 4.79 Å². The molecule has 0 radical (unpaired) electrons. The van der Waals surface area contributed by atoms with Gasteiger partial charge in [-0.15, -0.1) is 0 Å². The van der Waals surface area contributed by atoms with Gasteiger partial charge in [0.1, 0.15) is 0 Å². The van der Waals surface area contributed by atoms with E-state index in [1.807, 2.05) is 25.7 Å². The molecule has 2 aliphatic rings. The second-order valence-electron chi connectivity index (χ2n) is 6.94. The minimum Gasteiger partial charge on any atom is -0.480 e. The molecule has 1 aliphatic heterocycles. The second kappa shape index (κ2) is 7.83.